The molecule has 1 aliphatic heterocycles. The third-order valence-corrected chi connectivity index (χ3v) is 3.94. The van der Waals surface area contributed by atoms with Crippen LogP contribution in [-0.2, 0) is 4.79 Å². The summed E-state index contributed by atoms with van der Waals surface area (Å²) < 4.78 is 0. The largest absolute Gasteiger partial charge is 0.368 e. The molecule has 1 saturated carbocycles. The number of nitrogens with zero attached hydrogens (tertiary/aromatic N) is 1. The van der Waals surface area contributed by atoms with E-state index in [1.807, 2.05) is 0 Å². The lowest BCUT2D eigenvalue weighted by atomic mass is 9.68. The molecule has 4 nitrogen and oxygen atoms in total. The molecule has 1 amide bonds. The highest BCUT2D eigenvalue weighted by molar-refractivity contribution is 5.74. The SMILES string of the molecule is CC(=O)N1CC(C(C(O)O)C2CCC2)C1. The van der Waals surface area contributed by atoms with E-state index in [0.717, 1.165) is 12.8 Å². The summed E-state index contributed by atoms with van der Waals surface area (Å²) in [7, 11) is 0. The van der Waals surface area contributed by atoms with Gasteiger partial charge in [0.25, 0.3) is 0 Å². The zero-order chi connectivity index (χ0) is 11.0. The van der Waals surface area contributed by atoms with E-state index in [0.29, 0.717) is 24.9 Å². The topological polar surface area (TPSA) is 60.8 Å². The van der Waals surface area contributed by atoms with Gasteiger partial charge >= 0.3 is 0 Å². The Morgan fingerprint density at radius 2 is 1.87 bits per heavy atom. The summed E-state index contributed by atoms with van der Waals surface area (Å²) >= 11 is 0. The fraction of sp³-hybridized carbons (Fsp3) is 0.909. The fourth-order valence-corrected chi connectivity index (χ4v) is 2.71. The number of rotatable bonds is 3. The molecule has 2 N–H and O–H groups in total. The first kappa shape index (κ1) is 10.9. The zero-order valence-corrected chi connectivity index (χ0v) is 9.09. The molecule has 0 spiro atoms. The van der Waals surface area contributed by atoms with Gasteiger partial charge in [0.2, 0.25) is 5.91 Å². The quantitative estimate of drug-likeness (QED) is 0.658. The van der Waals surface area contributed by atoms with E-state index in [1.165, 1.54) is 6.42 Å². The van der Waals surface area contributed by atoms with Gasteiger partial charge in [-0.05, 0) is 18.8 Å². The maximum atomic E-state index is 11.0. The van der Waals surface area contributed by atoms with Crippen molar-refractivity contribution in [2.24, 2.45) is 17.8 Å². The monoisotopic (exact) mass is 213 g/mol. The van der Waals surface area contributed by atoms with Gasteiger partial charge in [-0.2, -0.15) is 0 Å². The summed E-state index contributed by atoms with van der Waals surface area (Å²) in [6.07, 6.45) is 2.21. The second kappa shape index (κ2) is 4.10. The molecule has 0 aromatic heterocycles. The van der Waals surface area contributed by atoms with Gasteiger partial charge < -0.3 is 15.1 Å². The number of aliphatic hydroxyl groups is 2. The molecule has 1 aliphatic carbocycles. The third-order valence-electron chi connectivity index (χ3n) is 3.94. The van der Waals surface area contributed by atoms with Gasteiger partial charge in [0.1, 0.15) is 0 Å². The Morgan fingerprint density at radius 1 is 1.27 bits per heavy atom. The van der Waals surface area contributed by atoms with E-state index in [9.17, 15) is 15.0 Å². The lowest BCUT2D eigenvalue weighted by Gasteiger charge is -2.48. The molecule has 2 fully saturated rings. The molecule has 1 atom stereocenters. The van der Waals surface area contributed by atoms with Gasteiger partial charge in [-0.3, -0.25) is 4.79 Å². The highest BCUT2D eigenvalue weighted by Gasteiger charge is 2.43. The molecule has 1 saturated heterocycles. The van der Waals surface area contributed by atoms with Crippen molar-refractivity contribution in [2.75, 3.05) is 13.1 Å². The van der Waals surface area contributed by atoms with Crippen LogP contribution in [0.1, 0.15) is 26.2 Å². The van der Waals surface area contributed by atoms with E-state index in [1.54, 1.807) is 11.8 Å². The number of likely N-dealkylation sites (tertiary alicyclic amines) is 1. The predicted octanol–water partition coefficient (Wildman–Crippen LogP) is 0.192. The first-order valence-corrected chi connectivity index (χ1v) is 5.71. The van der Waals surface area contributed by atoms with E-state index >= 15 is 0 Å². The van der Waals surface area contributed by atoms with Gasteiger partial charge in [-0.15, -0.1) is 0 Å². The molecule has 1 unspecified atom stereocenters. The minimum absolute atomic E-state index is 0.0191. The van der Waals surface area contributed by atoms with Crippen molar-refractivity contribution in [1.82, 2.24) is 4.90 Å². The Hall–Kier alpha value is -0.610. The zero-order valence-electron chi connectivity index (χ0n) is 9.09. The number of carbonyl (C=O) groups is 1. The summed E-state index contributed by atoms with van der Waals surface area (Å²) in [5.41, 5.74) is 0. The van der Waals surface area contributed by atoms with Crippen LogP contribution in [0.5, 0.6) is 0 Å². The molecule has 0 bridgehead atoms. The van der Waals surface area contributed by atoms with E-state index in [2.05, 4.69) is 0 Å². The fourth-order valence-electron chi connectivity index (χ4n) is 2.71. The van der Waals surface area contributed by atoms with Crippen LogP contribution in [-0.4, -0.2) is 40.4 Å². The molecule has 2 rings (SSSR count). The number of hydrogen-bond donors (Lipinski definition) is 2. The van der Waals surface area contributed by atoms with Crippen molar-refractivity contribution >= 4 is 5.91 Å². The Morgan fingerprint density at radius 3 is 2.20 bits per heavy atom. The highest BCUT2D eigenvalue weighted by atomic mass is 16.5. The smallest absolute Gasteiger partial charge is 0.219 e. The van der Waals surface area contributed by atoms with Crippen LogP contribution in [0.25, 0.3) is 0 Å². The average molecular weight is 213 g/mol. The van der Waals surface area contributed by atoms with Gasteiger partial charge in [0, 0.05) is 31.8 Å². The van der Waals surface area contributed by atoms with Crippen molar-refractivity contribution < 1.29 is 15.0 Å². The molecule has 0 radical (unpaired) electrons. The van der Waals surface area contributed by atoms with Crippen LogP contribution in [0.15, 0.2) is 0 Å². The van der Waals surface area contributed by atoms with Crippen LogP contribution in [0.4, 0.5) is 0 Å². The molecule has 86 valence electrons. The van der Waals surface area contributed by atoms with Crippen molar-refractivity contribution in [1.29, 1.82) is 0 Å². The molecule has 2 aliphatic rings. The maximum absolute atomic E-state index is 11.0. The Kier molecular flexibility index (Phi) is 2.98. The lowest BCUT2D eigenvalue weighted by Crippen LogP contribution is -2.56. The first-order valence-electron chi connectivity index (χ1n) is 5.71. The van der Waals surface area contributed by atoms with E-state index in [-0.39, 0.29) is 11.8 Å². The molecular formula is C11H19NO3. The minimum atomic E-state index is -1.21. The van der Waals surface area contributed by atoms with Crippen LogP contribution >= 0.6 is 0 Å². The van der Waals surface area contributed by atoms with Crippen molar-refractivity contribution in [3.05, 3.63) is 0 Å². The van der Waals surface area contributed by atoms with Gasteiger partial charge in [0.15, 0.2) is 6.29 Å². The average Bonchev–Trinajstić information content (AvgIpc) is 1.94. The summed E-state index contributed by atoms with van der Waals surface area (Å²) in [6, 6.07) is 0. The van der Waals surface area contributed by atoms with Crippen molar-refractivity contribution in [3.8, 4) is 0 Å². The first-order chi connectivity index (χ1) is 7.09. The summed E-state index contributed by atoms with van der Waals surface area (Å²) in [6.45, 7) is 2.96. The summed E-state index contributed by atoms with van der Waals surface area (Å²) in [4.78, 5) is 12.8. The van der Waals surface area contributed by atoms with E-state index < -0.39 is 6.29 Å². The minimum Gasteiger partial charge on any atom is -0.368 e. The summed E-state index contributed by atoms with van der Waals surface area (Å²) in [5, 5.41) is 18.7. The second-order valence-electron chi connectivity index (χ2n) is 4.87. The molecule has 0 aromatic carbocycles. The molecule has 15 heavy (non-hydrogen) atoms. The molecule has 4 heteroatoms. The standard InChI is InChI=1S/C11H19NO3/c1-7(13)12-5-9(6-12)10(11(14)15)8-3-2-4-8/h8-11,14-15H,2-6H2,1H3. The highest BCUT2D eigenvalue weighted by Crippen LogP contribution is 2.41. The van der Waals surface area contributed by atoms with Crippen molar-refractivity contribution in [2.45, 2.75) is 32.5 Å². The second-order valence-corrected chi connectivity index (χ2v) is 4.87. The van der Waals surface area contributed by atoms with Gasteiger partial charge in [-0.25, -0.2) is 0 Å². The normalized spacial score (nSPS) is 24.9. The number of aliphatic hydroxyl groups excluding tert-OH is 1. The lowest BCUT2D eigenvalue weighted by molar-refractivity contribution is -0.161. The third kappa shape index (κ3) is 2.01. The van der Waals surface area contributed by atoms with Crippen LogP contribution in [0, 0.1) is 17.8 Å². The Labute approximate surface area is 89.9 Å². The number of carbonyl (C=O) groups excluding carboxylic acids is 1. The van der Waals surface area contributed by atoms with Gasteiger partial charge in [-0.1, -0.05) is 6.42 Å². The van der Waals surface area contributed by atoms with Crippen LogP contribution in [0.3, 0.4) is 0 Å². The molecule has 0 aromatic rings. The van der Waals surface area contributed by atoms with Crippen molar-refractivity contribution in [3.63, 3.8) is 0 Å². The summed E-state index contributed by atoms with van der Waals surface area (Å²) in [5.74, 6) is 0.823. The predicted molar refractivity (Wildman–Crippen MR) is 54.8 cm³/mol. The van der Waals surface area contributed by atoms with Crippen LogP contribution < -0.4 is 0 Å². The van der Waals surface area contributed by atoms with Crippen LogP contribution in [0.2, 0.25) is 0 Å². The van der Waals surface area contributed by atoms with E-state index in [4.69, 9.17) is 0 Å². The molecular weight excluding hydrogens is 194 g/mol. The Bertz CT molecular complexity index is 244. The number of amides is 1. The maximum Gasteiger partial charge on any atom is 0.219 e. The number of hydrogen-bond acceptors (Lipinski definition) is 3. The van der Waals surface area contributed by atoms with Gasteiger partial charge in [0.05, 0.1) is 0 Å². The Balaban J connectivity index is 1.88. The molecule has 1 heterocycles.